The molecule has 1 aliphatic rings. The Hall–Kier alpha value is -1.88. The van der Waals surface area contributed by atoms with Gasteiger partial charge in [0.25, 0.3) is 5.91 Å². The predicted octanol–water partition coefficient (Wildman–Crippen LogP) is 9.42. The van der Waals surface area contributed by atoms with Crippen molar-refractivity contribution in [3.8, 4) is 0 Å². The largest absolute Gasteiger partial charge is 0.363 e. The highest BCUT2D eigenvalue weighted by molar-refractivity contribution is 5.94. The van der Waals surface area contributed by atoms with Crippen molar-refractivity contribution in [2.45, 2.75) is 167 Å². The Morgan fingerprint density at radius 1 is 0.825 bits per heavy atom. The second kappa shape index (κ2) is 18.5. The number of nitrogens with zero attached hydrogens (tertiary/aromatic N) is 2. The Morgan fingerprint density at radius 3 is 1.88 bits per heavy atom. The monoisotopic (exact) mass is 552 g/mol. The Morgan fingerprint density at radius 2 is 1.35 bits per heavy atom. The third-order valence-corrected chi connectivity index (χ3v) is 9.36. The summed E-state index contributed by atoms with van der Waals surface area (Å²) in [5.41, 5.74) is 7.72. The third-order valence-electron chi connectivity index (χ3n) is 9.36. The number of hydrogen-bond donors (Lipinski definition) is 2. The van der Waals surface area contributed by atoms with Crippen LogP contribution in [0.2, 0.25) is 0 Å². The summed E-state index contributed by atoms with van der Waals surface area (Å²) in [6.45, 7) is 5.61. The molecule has 2 heterocycles. The zero-order valence-electron chi connectivity index (χ0n) is 26.0. The van der Waals surface area contributed by atoms with Gasteiger partial charge in [0.1, 0.15) is 0 Å². The molecule has 0 bridgehead atoms. The third kappa shape index (κ3) is 9.60. The van der Waals surface area contributed by atoms with E-state index < -0.39 is 5.91 Å². The summed E-state index contributed by atoms with van der Waals surface area (Å²) in [7, 11) is 0. The van der Waals surface area contributed by atoms with Crippen LogP contribution in [0.5, 0.6) is 0 Å². The molecular formula is C35H60N4O. The van der Waals surface area contributed by atoms with Crippen molar-refractivity contribution in [3.05, 3.63) is 30.1 Å². The van der Waals surface area contributed by atoms with E-state index in [2.05, 4.69) is 35.9 Å². The number of nitrogens with two attached hydrogens (primary N) is 1. The number of fused-ring (bicyclic) bond motifs is 1. The minimum absolute atomic E-state index is 0.164. The molecule has 1 fully saturated rings. The van der Waals surface area contributed by atoms with Crippen molar-refractivity contribution < 1.29 is 4.79 Å². The van der Waals surface area contributed by atoms with Crippen molar-refractivity contribution in [3.63, 3.8) is 0 Å². The fourth-order valence-corrected chi connectivity index (χ4v) is 7.10. The summed E-state index contributed by atoms with van der Waals surface area (Å²) in [5.74, 6) is 0.0181. The van der Waals surface area contributed by atoms with Crippen LogP contribution in [0.3, 0.4) is 0 Å². The molecule has 5 heteroatoms. The van der Waals surface area contributed by atoms with Gasteiger partial charge in [-0.15, -0.1) is 0 Å². The molecule has 40 heavy (non-hydrogen) atoms. The summed E-state index contributed by atoms with van der Waals surface area (Å²) in [6, 6.07) is 8.55. The number of hydrogen-bond acceptors (Lipinski definition) is 3. The zero-order valence-corrected chi connectivity index (χ0v) is 26.0. The van der Waals surface area contributed by atoms with Crippen LogP contribution in [-0.2, 0) is 5.54 Å². The Balaban J connectivity index is 1.49. The van der Waals surface area contributed by atoms with Gasteiger partial charge in [0.2, 0.25) is 0 Å². The molecule has 1 saturated heterocycles. The summed E-state index contributed by atoms with van der Waals surface area (Å²) in [5, 5.41) is 3.83. The number of rotatable bonds is 23. The van der Waals surface area contributed by atoms with E-state index in [1.165, 1.54) is 109 Å². The van der Waals surface area contributed by atoms with E-state index in [4.69, 9.17) is 10.7 Å². The van der Waals surface area contributed by atoms with Gasteiger partial charge in [0.05, 0.1) is 16.6 Å². The Kier molecular flexibility index (Phi) is 15.1. The quantitative estimate of drug-likeness (QED) is 0.135. The number of para-hydroxylation sites is 2. The second-order valence-corrected chi connectivity index (χ2v) is 12.5. The molecule has 2 unspecified atom stereocenters. The number of primary amides is 1. The molecule has 2 aromatic rings. The molecule has 0 saturated carbocycles. The van der Waals surface area contributed by atoms with Gasteiger partial charge in [-0.1, -0.05) is 142 Å². The Labute approximate surface area is 245 Å². The number of nitrogens with one attached hydrogen (secondary N) is 1. The molecule has 1 aromatic heterocycles. The van der Waals surface area contributed by atoms with Crippen molar-refractivity contribution in [1.29, 1.82) is 0 Å². The van der Waals surface area contributed by atoms with E-state index in [0.29, 0.717) is 11.9 Å². The van der Waals surface area contributed by atoms with Crippen LogP contribution in [0.1, 0.15) is 166 Å². The summed E-state index contributed by atoms with van der Waals surface area (Å²) >= 11 is 0. The van der Waals surface area contributed by atoms with Gasteiger partial charge in [-0.2, -0.15) is 0 Å². The van der Waals surface area contributed by atoms with Gasteiger partial charge in [-0.3, -0.25) is 4.79 Å². The van der Waals surface area contributed by atoms with Crippen LogP contribution in [0.4, 0.5) is 0 Å². The first-order valence-electron chi connectivity index (χ1n) is 17.1. The van der Waals surface area contributed by atoms with Crippen molar-refractivity contribution in [2.75, 3.05) is 6.54 Å². The second-order valence-electron chi connectivity index (χ2n) is 12.5. The fourth-order valence-electron chi connectivity index (χ4n) is 7.10. The van der Waals surface area contributed by atoms with Crippen LogP contribution >= 0.6 is 0 Å². The first kappa shape index (κ1) is 32.6. The van der Waals surface area contributed by atoms with E-state index in [1.807, 2.05) is 12.1 Å². The first-order valence-corrected chi connectivity index (χ1v) is 17.1. The van der Waals surface area contributed by atoms with Gasteiger partial charge >= 0.3 is 0 Å². The van der Waals surface area contributed by atoms with Gasteiger partial charge in [-0.25, -0.2) is 4.98 Å². The van der Waals surface area contributed by atoms with Gasteiger partial charge in [0, 0.05) is 6.04 Å². The van der Waals surface area contributed by atoms with Crippen molar-refractivity contribution in [1.82, 2.24) is 14.9 Å². The lowest BCUT2D eigenvalue weighted by atomic mass is 9.78. The van der Waals surface area contributed by atoms with Gasteiger partial charge in [-0.05, 0) is 44.4 Å². The molecular weight excluding hydrogens is 492 g/mol. The number of aromatic nitrogens is 2. The molecule has 1 amide bonds. The molecule has 3 N–H and O–H groups in total. The van der Waals surface area contributed by atoms with E-state index >= 15 is 0 Å². The lowest BCUT2D eigenvalue weighted by molar-refractivity contribution is 0.0960. The highest BCUT2D eigenvalue weighted by Crippen LogP contribution is 2.40. The molecule has 1 aromatic carbocycles. The van der Waals surface area contributed by atoms with E-state index in [-0.39, 0.29) is 5.54 Å². The molecule has 1 aliphatic heterocycles. The summed E-state index contributed by atoms with van der Waals surface area (Å²) in [4.78, 5) is 17.4. The van der Waals surface area contributed by atoms with Crippen LogP contribution in [-0.4, -0.2) is 28.0 Å². The molecule has 3 rings (SSSR count). The van der Waals surface area contributed by atoms with Crippen LogP contribution in [0.25, 0.3) is 11.0 Å². The lowest BCUT2D eigenvalue weighted by Gasteiger charge is -2.42. The molecule has 0 aliphatic carbocycles. The SMILES string of the molecule is CCCCCCCCCCCCCCCCCCC(CCCC)(C1CCCN1)n1c(C(N)=O)nc2ccccc21. The van der Waals surface area contributed by atoms with Crippen molar-refractivity contribution in [2.24, 2.45) is 5.73 Å². The number of carbonyl (C=O) groups excluding carboxylic acids is 1. The molecule has 2 atom stereocenters. The van der Waals surface area contributed by atoms with Gasteiger partial charge in [0.15, 0.2) is 5.82 Å². The summed E-state index contributed by atoms with van der Waals surface area (Å²) in [6.07, 6.45) is 28.8. The minimum atomic E-state index is -0.415. The molecule has 226 valence electrons. The topological polar surface area (TPSA) is 72.9 Å². The van der Waals surface area contributed by atoms with Gasteiger partial charge < -0.3 is 15.6 Å². The van der Waals surface area contributed by atoms with Crippen LogP contribution in [0.15, 0.2) is 24.3 Å². The van der Waals surface area contributed by atoms with Crippen molar-refractivity contribution >= 4 is 16.9 Å². The van der Waals surface area contributed by atoms with E-state index in [1.54, 1.807) is 0 Å². The molecule has 0 spiro atoms. The molecule has 0 radical (unpaired) electrons. The Bertz CT molecular complexity index is 963. The maximum absolute atomic E-state index is 12.7. The number of carbonyl (C=O) groups is 1. The van der Waals surface area contributed by atoms with Crippen LogP contribution in [0, 0.1) is 0 Å². The maximum atomic E-state index is 12.7. The maximum Gasteiger partial charge on any atom is 0.284 e. The summed E-state index contributed by atoms with van der Waals surface area (Å²) < 4.78 is 2.27. The predicted molar refractivity (Wildman–Crippen MR) is 171 cm³/mol. The standard InChI is InChI=1S/C35H60N4O/c1-3-5-7-8-9-10-11-12-13-14-15-16-17-18-19-22-28-35(27-6-4-2,32-26-23-29-37-32)39-31-25-21-20-24-30(31)38-34(39)33(36)40/h20-21,24-25,32,37H,3-19,22-23,26-29H2,1-2H3,(H2,36,40). The average Bonchev–Trinajstić information content (AvgIpc) is 3.64. The number of unbranched alkanes of at least 4 members (excludes halogenated alkanes) is 16. The highest BCUT2D eigenvalue weighted by Gasteiger charge is 2.43. The minimum Gasteiger partial charge on any atom is -0.363 e. The fraction of sp³-hybridized carbons (Fsp3) is 0.771. The van der Waals surface area contributed by atoms with Crippen LogP contribution < -0.4 is 11.1 Å². The normalized spacial score (nSPS) is 17.0. The molecule has 5 nitrogen and oxygen atoms in total. The van der Waals surface area contributed by atoms with E-state index in [9.17, 15) is 4.79 Å². The first-order chi connectivity index (χ1) is 19.6. The average molecular weight is 553 g/mol. The highest BCUT2D eigenvalue weighted by atomic mass is 16.1. The van der Waals surface area contributed by atoms with E-state index in [0.717, 1.165) is 49.7 Å². The number of imidazole rings is 1. The lowest BCUT2D eigenvalue weighted by Crippen LogP contribution is -2.51. The zero-order chi connectivity index (χ0) is 28.5. The number of amides is 1. The number of benzene rings is 1. The smallest absolute Gasteiger partial charge is 0.284 e.